The van der Waals surface area contributed by atoms with Gasteiger partial charge in [0.15, 0.2) is 0 Å². The number of amides is 1. The molecule has 0 radical (unpaired) electrons. The average molecular weight is 288 g/mol. The van der Waals surface area contributed by atoms with E-state index in [1.165, 1.54) is 11.1 Å². The third-order valence-electron chi connectivity index (χ3n) is 4.52. The molecule has 1 aromatic rings. The molecule has 2 atom stereocenters. The van der Waals surface area contributed by atoms with Crippen LogP contribution in [-0.2, 0) is 10.2 Å². The highest BCUT2D eigenvalue weighted by Crippen LogP contribution is 2.41. The summed E-state index contributed by atoms with van der Waals surface area (Å²) >= 11 is 0. The van der Waals surface area contributed by atoms with Crippen LogP contribution in [0.25, 0.3) is 0 Å². The maximum absolute atomic E-state index is 12.0. The molecule has 1 aromatic carbocycles. The molecule has 0 saturated carbocycles. The molecule has 0 saturated heterocycles. The first-order chi connectivity index (χ1) is 9.95. The Labute approximate surface area is 128 Å². The Bertz CT molecular complexity index is 496. The highest BCUT2D eigenvalue weighted by atomic mass is 16.2. The number of carbonyl (C=O) groups is 1. The highest BCUT2D eigenvalue weighted by molar-refractivity contribution is 5.81. The number of rotatable bonds is 5. The molecular weight excluding hydrogens is 260 g/mol. The normalized spacial score (nSPS) is 21.4. The van der Waals surface area contributed by atoms with Crippen molar-refractivity contribution < 1.29 is 4.79 Å². The summed E-state index contributed by atoms with van der Waals surface area (Å²) in [6.07, 6.45) is 3.19. The maximum atomic E-state index is 12.0. The van der Waals surface area contributed by atoms with E-state index in [4.69, 9.17) is 0 Å². The molecule has 116 valence electrons. The number of nitrogens with one attached hydrogen (secondary N) is 2. The quantitative estimate of drug-likeness (QED) is 0.873. The van der Waals surface area contributed by atoms with Crippen LogP contribution >= 0.6 is 0 Å². The van der Waals surface area contributed by atoms with Crippen LogP contribution in [0.5, 0.6) is 0 Å². The van der Waals surface area contributed by atoms with Gasteiger partial charge in [0.05, 0.1) is 6.04 Å². The fraction of sp³-hybridized carbons (Fsp3) is 0.611. The van der Waals surface area contributed by atoms with Gasteiger partial charge in [0.25, 0.3) is 0 Å². The van der Waals surface area contributed by atoms with Gasteiger partial charge in [0, 0.05) is 12.6 Å². The minimum Gasteiger partial charge on any atom is -0.355 e. The van der Waals surface area contributed by atoms with Crippen LogP contribution in [-0.4, -0.2) is 18.5 Å². The maximum Gasteiger partial charge on any atom is 0.236 e. The molecule has 1 amide bonds. The van der Waals surface area contributed by atoms with Crippen LogP contribution in [0.3, 0.4) is 0 Å². The van der Waals surface area contributed by atoms with E-state index in [1.54, 1.807) is 0 Å². The minimum absolute atomic E-state index is 0.0964. The Morgan fingerprint density at radius 3 is 2.81 bits per heavy atom. The van der Waals surface area contributed by atoms with Crippen LogP contribution in [0, 0.1) is 0 Å². The molecule has 0 spiro atoms. The molecule has 1 aliphatic carbocycles. The van der Waals surface area contributed by atoms with Gasteiger partial charge in [-0.3, -0.25) is 10.1 Å². The van der Waals surface area contributed by atoms with E-state index in [-0.39, 0.29) is 23.4 Å². The topological polar surface area (TPSA) is 41.1 Å². The zero-order chi connectivity index (χ0) is 15.5. The Morgan fingerprint density at radius 1 is 1.38 bits per heavy atom. The number of hydrogen-bond acceptors (Lipinski definition) is 2. The standard InChI is InChI=1S/C18H28N2O/c1-5-12-19-17(21)13(2)20-16-10-11-18(3,4)15-9-7-6-8-14(15)16/h6-9,13,16,20H,5,10-12H2,1-4H3,(H,19,21). The van der Waals surface area contributed by atoms with Crippen LogP contribution in [0.4, 0.5) is 0 Å². The molecule has 2 N–H and O–H groups in total. The van der Waals surface area contributed by atoms with Crippen LogP contribution in [0.1, 0.15) is 64.1 Å². The Morgan fingerprint density at radius 2 is 2.10 bits per heavy atom. The average Bonchev–Trinajstić information content (AvgIpc) is 2.48. The minimum atomic E-state index is -0.157. The molecule has 0 aliphatic heterocycles. The molecule has 2 unspecified atom stereocenters. The van der Waals surface area contributed by atoms with E-state index in [0.29, 0.717) is 0 Å². The predicted octanol–water partition coefficient (Wildman–Crippen LogP) is 3.30. The highest BCUT2D eigenvalue weighted by Gasteiger charge is 2.33. The van der Waals surface area contributed by atoms with E-state index in [0.717, 1.165) is 25.8 Å². The van der Waals surface area contributed by atoms with Crippen LogP contribution < -0.4 is 10.6 Å². The third kappa shape index (κ3) is 3.65. The molecule has 3 nitrogen and oxygen atoms in total. The lowest BCUT2D eigenvalue weighted by Crippen LogP contribution is -2.45. The first kappa shape index (κ1) is 16.0. The molecule has 1 aliphatic rings. The lowest BCUT2D eigenvalue weighted by Gasteiger charge is -2.38. The van der Waals surface area contributed by atoms with Crippen molar-refractivity contribution in [2.75, 3.05) is 6.54 Å². The van der Waals surface area contributed by atoms with Gasteiger partial charge in [-0.1, -0.05) is 45.0 Å². The Hall–Kier alpha value is -1.35. The molecule has 2 rings (SSSR count). The van der Waals surface area contributed by atoms with Gasteiger partial charge < -0.3 is 5.32 Å². The second-order valence-corrected chi connectivity index (χ2v) is 6.74. The van der Waals surface area contributed by atoms with Crippen molar-refractivity contribution in [1.82, 2.24) is 10.6 Å². The SMILES string of the molecule is CCCNC(=O)C(C)NC1CCC(C)(C)c2ccccc21. The van der Waals surface area contributed by atoms with Crippen LogP contribution in [0.2, 0.25) is 0 Å². The molecule has 0 aromatic heterocycles. The third-order valence-corrected chi connectivity index (χ3v) is 4.52. The summed E-state index contributed by atoms with van der Waals surface area (Å²) in [7, 11) is 0. The monoisotopic (exact) mass is 288 g/mol. The summed E-state index contributed by atoms with van der Waals surface area (Å²) in [5.41, 5.74) is 2.99. The second-order valence-electron chi connectivity index (χ2n) is 6.74. The summed E-state index contributed by atoms with van der Waals surface area (Å²) in [6.45, 7) is 9.38. The smallest absolute Gasteiger partial charge is 0.236 e. The van der Waals surface area contributed by atoms with Gasteiger partial charge in [-0.05, 0) is 42.7 Å². The number of carbonyl (C=O) groups excluding carboxylic acids is 1. The van der Waals surface area contributed by atoms with E-state index < -0.39 is 0 Å². The van der Waals surface area contributed by atoms with E-state index in [2.05, 4.69) is 55.7 Å². The van der Waals surface area contributed by atoms with Gasteiger partial charge in [-0.2, -0.15) is 0 Å². The lowest BCUT2D eigenvalue weighted by atomic mass is 9.71. The number of benzene rings is 1. The Kier molecular flexibility index (Phi) is 5.04. The molecule has 0 fully saturated rings. The zero-order valence-corrected chi connectivity index (χ0v) is 13.7. The van der Waals surface area contributed by atoms with Crippen molar-refractivity contribution in [3.8, 4) is 0 Å². The molecule has 3 heteroatoms. The summed E-state index contributed by atoms with van der Waals surface area (Å²) in [4.78, 5) is 12.0. The largest absolute Gasteiger partial charge is 0.355 e. The fourth-order valence-corrected chi connectivity index (χ4v) is 3.16. The van der Waals surface area contributed by atoms with E-state index >= 15 is 0 Å². The first-order valence-electron chi connectivity index (χ1n) is 8.09. The van der Waals surface area contributed by atoms with Crippen molar-refractivity contribution in [3.05, 3.63) is 35.4 Å². The van der Waals surface area contributed by atoms with Crippen molar-refractivity contribution in [2.45, 2.75) is 64.5 Å². The first-order valence-corrected chi connectivity index (χ1v) is 8.09. The summed E-state index contributed by atoms with van der Waals surface area (Å²) in [5, 5.41) is 6.47. The number of fused-ring (bicyclic) bond motifs is 1. The Balaban J connectivity index is 2.10. The zero-order valence-electron chi connectivity index (χ0n) is 13.7. The second kappa shape index (κ2) is 6.61. The van der Waals surface area contributed by atoms with Gasteiger partial charge >= 0.3 is 0 Å². The molecule has 0 heterocycles. The van der Waals surface area contributed by atoms with Crippen molar-refractivity contribution in [1.29, 1.82) is 0 Å². The lowest BCUT2D eigenvalue weighted by molar-refractivity contribution is -0.123. The predicted molar refractivity (Wildman–Crippen MR) is 87.3 cm³/mol. The molecular formula is C18H28N2O. The van der Waals surface area contributed by atoms with E-state index in [9.17, 15) is 4.79 Å². The van der Waals surface area contributed by atoms with Gasteiger partial charge in [-0.15, -0.1) is 0 Å². The van der Waals surface area contributed by atoms with E-state index in [1.807, 2.05) is 6.92 Å². The number of hydrogen-bond donors (Lipinski definition) is 2. The molecule has 0 bridgehead atoms. The van der Waals surface area contributed by atoms with Crippen molar-refractivity contribution in [2.24, 2.45) is 0 Å². The van der Waals surface area contributed by atoms with Crippen molar-refractivity contribution in [3.63, 3.8) is 0 Å². The molecule has 21 heavy (non-hydrogen) atoms. The van der Waals surface area contributed by atoms with Crippen LogP contribution in [0.15, 0.2) is 24.3 Å². The summed E-state index contributed by atoms with van der Waals surface area (Å²) in [6, 6.07) is 8.75. The van der Waals surface area contributed by atoms with Gasteiger partial charge in [-0.25, -0.2) is 0 Å². The van der Waals surface area contributed by atoms with Crippen molar-refractivity contribution >= 4 is 5.91 Å². The summed E-state index contributed by atoms with van der Waals surface area (Å²) in [5.74, 6) is 0.0964. The van der Waals surface area contributed by atoms with Gasteiger partial charge in [0.2, 0.25) is 5.91 Å². The summed E-state index contributed by atoms with van der Waals surface area (Å²) < 4.78 is 0. The van der Waals surface area contributed by atoms with Gasteiger partial charge in [0.1, 0.15) is 0 Å². The fourth-order valence-electron chi connectivity index (χ4n) is 3.16.